The minimum atomic E-state index is -4.46. The third kappa shape index (κ3) is 5.74. The number of aromatic amines is 1. The van der Waals surface area contributed by atoms with E-state index in [1.165, 1.54) is 19.1 Å². The smallest absolute Gasteiger partial charge is 0.394 e. The maximum Gasteiger partial charge on any atom is 0.695 e. The number of aliphatic hydroxyl groups excluding tert-OH is 1. The van der Waals surface area contributed by atoms with Crippen molar-refractivity contribution >= 4 is 24.0 Å². The molecule has 0 spiro atoms. The van der Waals surface area contributed by atoms with Crippen molar-refractivity contribution in [3.05, 3.63) is 67.5 Å². The van der Waals surface area contributed by atoms with Gasteiger partial charge in [-0.15, -0.1) is 9.42 Å². The highest BCUT2D eigenvalue weighted by Crippen LogP contribution is 2.37. The first-order chi connectivity index (χ1) is 17.0. The van der Waals surface area contributed by atoms with Gasteiger partial charge < -0.3 is 14.6 Å². The molecule has 36 heavy (non-hydrogen) atoms. The highest BCUT2D eigenvalue weighted by molar-refractivity contribution is 7.89. The fourth-order valence-electron chi connectivity index (χ4n) is 3.58. The van der Waals surface area contributed by atoms with Crippen LogP contribution >= 0.6 is 8.25 Å². The molecule has 1 aromatic carbocycles. The molecule has 1 aliphatic heterocycles. The van der Waals surface area contributed by atoms with Crippen LogP contribution < -0.4 is 11.2 Å². The number of hydrogen-bond donors (Lipinski definition) is 3. The van der Waals surface area contributed by atoms with Crippen LogP contribution in [0.2, 0.25) is 0 Å². The molecule has 5 atom stereocenters. The standard InChI is InChI=1S/C18H21N4O12PS/c1-2-20(36(30,31)13-6-4-3-5-11(13)22(26)27)10-32-16-15(34-35(28)29)12(9-23)33-17(16)21-8-7-14(24)19-18(21)25/h3-8,12,15-17,23H,2,9-10H2,1H3,(H-,19,24,25,28,29)/p+1/t12-,15?,16+,17-/m1/s1. The van der Waals surface area contributed by atoms with Gasteiger partial charge in [-0.2, -0.15) is 4.31 Å². The number of aliphatic hydroxyl groups is 1. The Morgan fingerprint density at radius 2 is 1.97 bits per heavy atom. The lowest BCUT2D eigenvalue weighted by Crippen LogP contribution is -2.43. The zero-order valence-electron chi connectivity index (χ0n) is 18.6. The molecule has 3 rings (SSSR count). The predicted molar refractivity (Wildman–Crippen MR) is 119 cm³/mol. The molecule has 1 aromatic heterocycles. The highest BCUT2D eigenvalue weighted by atomic mass is 32.2. The first kappa shape index (κ1) is 27.7. The summed E-state index contributed by atoms with van der Waals surface area (Å²) in [6.07, 6.45) is -4.52. The molecule has 1 aliphatic rings. The zero-order chi connectivity index (χ0) is 26.6. The van der Waals surface area contributed by atoms with Gasteiger partial charge in [-0.25, -0.2) is 13.2 Å². The van der Waals surface area contributed by atoms with Gasteiger partial charge in [-0.05, 0) is 6.07 Å². The van der Waals surface area contributed by atoms with Gasteiger partial charge >= 0.3 is 13.9 Å². The maximum atomic E-state index is 13.2. The Kier molecular flexibility index (Phi) is 8.80. The van der Waals surface area contributed by atoms with Crippen LogP contribution in [0.4, 0.5) is 5.69 Å². The first-order valence-electron chi connectivity index (χ1n) is 10.3. The van der Waals surface area contributed by atoms with Crippen molar-refractivity contribution in [2.75, 3.05) is 19.9 Å². The third-order valence-electron chi connectivity index (χ3n) is 5.25. The van der Waals surface area contributed by atoms with Crippen LogP contribution in [0.3, 0.4) is 0 Å². The van der Waals surface area contributed by atoms with Crippen molar-refractivity contribution in [1.82, 2.24) is 13.9 Å². The number of para-hydroxylation sites is 1. The second kappa shape index (κ2) is 11.4. The molecule has 196 valence electrons. The van der Waals surface area contributed by atoms with Crippen LogP contribution in [-0.4, -0.2) is 75.4 Å². The Balaban J connectivity index is 1.97. The minimum Gasteiger partial charge on any atom is -0.394 e. The quantitative estimate of drug-likeness (QED) is 0.139. The Morgan fingerprint density at radius 3 is 2.56 bits per heavy atom. The number of sulfonamides is 1. The molecule has 2 unspecified atom stereocenters. The maximum absolute atomic E-state index is 13.2. The lowest BCUT2D eigenvalue weighted by Gasteiger charge is -2.26. The van der Waals surface area contributed by atoms with Gasteiger partial charge in [0.05, 0.1) is 11.5 Å². The van der Waals surface area contributed by atoms with Gasteiger partial charge in [-0.1, -0.05) is 19.1 Å². The number of nitro benzene ring substituents is 1. The molecular formula is C18H22N4O12PS+. The number of rotatable bonds is 11. The van der Waals surface area contributed by atoms with Crippen molar-refractivity contribution < 1.29 is 41.9 Å². The van der Waals surface area contributed by atoms with Crippen LogP contribution in [0.15, 0.2) is 51.0 Å². The Hall–Kier alpha value is -2.89. The third-order valence-corrected chi connectivity index (χ3v) is 7.61. The lowest BCUT2D eigenvalue weighted by molar-refractivity contribution is -0.387. The SMILES string of the molecule is CCN(CO[C@H]1C(O[P+](=O)O)[C@@H](CO)O[C@H]1n1ccc(=O)[nH]c1=O)S(=O)(=O)c1ccccc1[N+](=O)[O-]. The van der Waals surface area contributed by atoms with Gasteiger partial charge in [0, 0.05) is 29.4 Å². The van der Waals surface area contributed by atoms with Crippen LogP contribution in [0, 0.1) is 10.1 Å². The number of ether oxygens (including phenoxy) is 2. The number of nitrogens with zero attached hydrogens (tertiary/aromatic N) is 3. The molecule has 2 heterocycles. The largest absolute Gasteiger partial charge is 0.695 e. The zero-order valence-corrected chi connectivity index (χ0v) is 20.3. The van der Waals surface area contributed by atoms with E-state index in [4.69, 9.17) is 14.0 Å². The normalized spacial score (nSPS) is 22.6. The molecule has 18 heteroatoms. The number of aromatic nitrogens is 2. The fraction of sp³-hybridized carbons (Fsp3) is 0.444. The number of nitrogens with one attached hydrogen (secondary N) is 1. The molecule has 0 aliphatic carbocycles. The van der Waals surface area contributed by atoms with E-state index in [1.807, 2.05) is 4.98 Å². The molecule has 1 fully saturated rings. The number of benzene rings is 1. The second-order valence-electron chi connectivity index (χ2n) is 7.33. The average Bonchev–Trinajstić information content (AvgIpc) is 3.15. The van der Waals surface area contributed by atoms with E-state index in [1.54, 1.807) is 0 Å². The fourth-order valence-corrected chi connectivity index (χ4v) is 5.52. The van der Waals surface area contributed by atoms with Gasteiger partial charge in [0.1, 0.15) is 18.9 Å². The monoisotopic (exact) mass is 549 g/mol. The van der Waals surface area contributed by atoms with Crippen LogP contribution in [0.25, 0.3) is 0 Å². The summed E-state index contributed by atoms with van der Waals surface area (Å²) in [4.78, 5) is 45.0. The van der Waals surface area contributed by atoms with E-state index in [0.29, 0.717) is 0 Å². The Morgan fingerprint density at radius 1 is 1.28 bits per heavy atom. The molecule has 2 aromatic rings. The summed E-state index contributed by atoms with van der Waals surface area (Å²) < 4.78 is 55.6. The first-order valence-corrected chi connectivity index (χ1v) is 12.8. The topological polar surface area (TPSA) is 221 Å². The highest BCUT2D eigenvalue weighted by Gasteiger charge is 2.52. The van der Waals surface area contributed by atoms with E-state index in [-0.39, 0.29) is 6.54 Å². The second-order valence-corrected chi connectivity index (χ2v) is 9.92. The summed E-state index contributed by atoms with van der Waals surface area (Å²) in [6, 6.07) is 5.69. The van der Waals surface area contributed by atoms with E-state index in [0.717, 1.165) is 33.3 Å². The summed E-state index contributed by atoms with van der Waals surface area (Å²) in [7, 11) is -7.71. The van der Waals surface area contributed by atoms with Crippen LogP contribution in [0.5, 0.6) is 0 Å². The molecule has 0 radical (unpaired) electrons. The van der Waals surface area contributed by atoms with E-state index in [2.05, 4.69) is 0 Å². The van der Waals surface area contributed by atoms with Gasteiger partial charge in [0.2, 0.25) is 0 Å². The van der Waals surface area contributed by atoms with E-state index >= 15 is 0 Å². The molecular weight excluding hydrogens is 527 g/mol. The molecule has 0 bridgehead atoms. The number of H-pyrrole nitrogens is 1. The number of nitro groups is 1. The molecule has 16 nitrogen and oxygen atoms in total. The van der Waals surface area contributed by atoms with Gasteiger partial charge in [0.25, 0.3) is 21.3 Å². The Labute approximate surface area is 203 Å². The summed E-state index contributed by atoms with van der Waals surface area (Å²) in [5, 5.41) is 21.0. The van der Waals surface area contributed by atoms with Gasteiger partial charge in [0.15, 0.2) is 17.2 Å². The van der Waals surface area contributed by atoms with Gasteiger partial charge in [-0.3, -0.25) is 24.5 Å². The van der Waals surface area contributed by atoms with Crippen molar-refractivity contribution in [3.8, 4) is 0 Å². The predicted octanol–water partition coefficient (Wildman–Crippen LogP) is -0.577. The summed E-state index contributed by atoms with van der Waals surface area (Å²) in [5.41, 5.74) is -2.31. The van der Waals surface area contributed by atoms with Crippen LogP contribution in [-0.2, 0) is 28.6 Å². The van der Waals surface area contributed by atoms with Crippen molar-refractivity contribution in [2.24, 2.45) is 0 Å². The summed E-state index contributed by atoms with van der Waals surface area (Å²) in [6.45, 7) is -0.226. The molecule has 1 saturated heterocycles. The molecule has 3 N–H and O–H groups in total. The molecule has 0 saturated carbocycles. The minimum absolute atomic E-state index is 0.200. The summed E-state index contributed by atoms with van der Waals surface area (Å²) in [5.74, 6) is 0. The van der Waals surface area contributed by atoms with Crippen molar-refractivity contribution in [1.29, 1.82) is 0 Å². The van der Waals surface area contributed by atoms with Crippen molar-refractivity contribution in [2.45, 2.75) is 36.4 Å². The van der Waals surface area contributed by atoms with Crippen LogP contribution in [0.1, 0.15) is 13.2 Å². The van der Waals surface area contributed by atoms with Crippen molar-refractivity contribution in [3.63, 3.8) is 0 Å². The summed E-state index contributed by atoms with van der Waals surface area (Å²) >= 11 is 0. The Bertz CT molecular complexity index is 1350. The van der Waals surface area contributed by atoms with E-state index < -0.39 is 82.9 Å². The lowest BCUT2D eigenvalue weighted by atomic mass is 10.1. The number of hydrogen-bond acceptors (Lipinski definition) is 11. The molecule has 0 amide bonds. The average molecular weight is 549 g/mol. The van der Waals surface area contributed by atoms with E-state index in [9.17, 15) is 42.7 Å².